The highest BCUT2D eigenvalue weighted by atomic mass is 79.9. The molecule has 0 aromatic heterocycles. The molecule has 0 heterocycles. The molecule has 1 atom stereocenters. The normalized spacial score (nSPS) is 11.8. The van der Waals surface area contributed by atoms with Crippen LogP contribution >= 0.6 is 15.9 Å². The highest BCUT2D eigenvalue weighted by Crippen LogP contribution is 2.19. The van der Waals surface area contributed by atoms with Crippen LogP contribution in [-0.4, -0.2) is 18.0 Å². The number of rotatable bonds is 6. The summed E-state index contributed by atoms with van der Waals surface area (Å²) in [5.41, 5.74) is 1.39. The molecule has 1 amide bonds. The van der Waals surface area contributed by atoms with Gasteiger partial charge in [0.05, 0.1) is 18.6 Å². The maximum Gasteiger partial charge on any atom is 0.308 e. The highest BCUT2D eigenvalue weighted by molar-refractivity contribution is 9.10. The van der Waals surface area contributed by atoms with Crippen molar-refractivity contribution in [1.29, 1.82) is 0 Å². The van der Waals surface area contributed by atoms with Crippen LogP contribution in [0.25, 0.3) is 0 Å². The van der Waals surface area contributed by atoms with Gasteiger partial charge in [-0.15, -0.1) is 0 Å². The SMILES string of the molecule is CC(C)OC(=O)CC(NC(=O)c1cccc(Br)c1)c1ccccc1. The summed E-state index contributed by atoms with van der Waals surface area (Å²) in [5.74, 6) is -0.573. The predicted molar refractivity (Wildman–Crippen MR) is 96.6 cm³/mol. The van der Waals surface area contributed by atoms with Crippen molar-refractivity contribution in [2.45, 2.75) is 32.4 Å². The summed E-state index contributed by atoms with van der Waals surface area (Å²) in [6, 6.07) is 16.1. The number of hydrogen-bond acceptors (Lipinski definition) is 3. The van der Waals surface area contributed by atoms with E-state index in [-0.39, 0.29) is 24.4 Å². The Morgan fingerprint density at radius 2 is 1.79 bits per heavy atom. The first-order valence-corrected chi connectivity index (χ1v) is 8.56. The standard InChI is InChI=1S/C19H20BrNO3/c1-13(2)24-18(22)12-17(14-7-4-3-5-8-14)21-19(23)15-9-6-10-16(20)11-15/h3-11,13,17H,12H2,1-2H3,(H,21,23). The van der Waals surface area contributed by atoms with Crippen LogP contribution in [0.1, 0.15) is 42.2 Å². The van der Waals surface area contributed by atoms with Crippen molar-refractivity contribution in [3.63, 3.8) is 0 Å². The van der Waals surface area contributed by atoms with E-state index in [9.17, 15) is 9.59 Å². The Bertz CT molecular complexity index is 701. The summed E-state index contributed by atoms with van der Waals surface area (Å²) in [4.78, 5) is 24.5. The first-order valence-electron chi connectivity index (χ1n) is 7.76. The van der Waals surface area contributed by atoms with E-state index in [1.54, 1.807) is 32.0 Å². The minimum absolute atomic E-state index is 0.0853. The van der Waals surface area contributed by atoms with Gasteiger partial charge in [0.1, 0.15) is 0 Å². The Hall–Kier alpha value is -2.14. The zero-order chi connectivity index (χ0) is 17.5. The topological polar surface area (TPSA) is 55.4 Å². The molecule has 1 unspecified atom stereocenters. The lowest BCUT2D eigenvalue weighted by Crippen LogP contribution is -2.31. The molecule has 0 fully saturated rings. The van der Waals surface area contributed by atoms with Crippen LogP contribution in [0.5, 0.6) is 0 Å². The summed E-state index contributed by atoms with van der Waals surface area (Å²) >= 11 is 3.35. The molecule has 4 nitrogen and oxygen atoms in total. The van der Waals surface area contributed by atoms with E-state index in [0.29, 0.717) is 5.56 Å². The summed E-state index contributed by atoms with van der Waals surface area (Å²) in [5, 5.41) is 2.92. The molecular formula is C19H20BrNO3. The average molecular weight is 390 g/mol. The number of carbonyl (C=O) groups is 2. The number of halogens is 1. The molecule has 0 bridgehead atoms. The fourth-order valence-corrected chi connectivity index (χ4v) is 2.69. The van der Waals surface area contributed by atoms with E-state index in [0.717, 1.165) is 10.0 Å². The number of hydrogen-bond donors (Lipinski definition) is 1. The van der Waals surface area contributed by atoms with Gasteiger partial charge in [0.25, 0.3) is 5.91 Å². The Balaban J connectivity index is 2.16. The molecule has 0 spiro atoms. The average Bonchev–Trinajstić information content (AvgIpc) is 2.54. The quantitative estimate of drug-likeness (QED) is 0.750. The van der Waals surface area contributed by atoms with E-state index in [2.05, 4.69) is 21.2 Å². The second kappa shape index (κ2) is 8.64. The molecule has 5 heteroatoms. The Labute approximate surface area is 150 Å². The molecule has 126 valence electrons. The van der Waals surface area contributed by atoms with Crippen molar-refractivity contribution in [3.05, 3.63) is 70.2 Å². The second-order valence-electron chi connectivity index (χ2n) is 5.69. The van der Waals surface area contributed by atoms with Crippen LogP contribution in [0.4, 0.5) is 0 Å². The van der Waals surface area contributed by atoms with Gasteiger partial charge in [0, 0.05) is 10.0 Å². The Kier molecular flexibility index (Phi) is 6.55. The number of amides is 1. The van der Waals surface area contributed by atoms with Crippen LogP contribution in [0.15, 0.2) is 59.1 Å². The highest BCUT2D eigenvalue weighted by Gasteiger charge is 2.20. The number of benzene rings is 2. The molecule has 0 saturated carbocycles. The fraction of sp³-hybridized carbons (Fsp3) is 0.263. The van der Waals surface area contributed by atoms with Gasteiger partial charge in [-0.05, 0) is 37.6 Å². The summed E-state index contributed by atoms with van der Waals surface area (Å²) in [7, 11) is 0. The third-order valence-corrected chi connectivity index (χ3v) is 3.83. The number of ether oxygens (including phenoxy) is 1. The van der Waals surface area contributed by atoms with Crippen molar-refractivity contribution >= 4 is 27.8 Å². The lowest BCUT2D eigenvalue weighted by atomic mass is 10.0. The lowest BCUT2D eigenvalue weighted by molar-refractivity contribution is -0.147. The van der Waals surface area contributed by atoms with Crippen molar-refractivity contribution in [2.24, 2.45) is 0 Å². The van der Waals surface area contributed by atoms with E-state index in [1.165, 1.54) is 0 Å². The molecule has 0 radical (unpaired) electrons. The third-order valence-electron chi connectivity index (χ3n) is 3.33. The van der Waals surface area contributed by atoms with Gasteiger partial charge < -0.3 is 10.1 Å². The summed E-state index contributed by atoms with van der Waals surface area (Å²) in [6.45, 7) is 3.60. The monoisotopic (exact) mass is 389 g/mol. The van der Waals surface area contributed by atoms with Crippen LogP contribution in [0.3, 0.4) is 0 Å². The maximum absolute atomic E-state index is 12.5. The van der Waals surface area contributed by atoms with Gasteiger partial charge in [-0.25, -0.2) is 0 Å². The summed E-state index contributed by atoms with van der Waals surface area (Å²) in [6.07, 6.45) is -0.100. The van der Waals surface area contributed by atoms with Gasteiger partial charge in [0.15, 0.2) is 0 Å². The number of carbonyl (C=O) groups excluding carboxylic acids is 2. The number of esters is 1. The van der Waals surface area contributed by atoms with Gasteiger partial charge >= 0.3 is 5.97 Å². The molecule has 0 aliphatic heterocycles. The predicted octanol–water partition coefficient (Wildman–Crippen LogP) is 4.26. The minimum atomic E-state index is -0.441. The van der Waals surface area contributed by atoms with Crippen LogP contribution in [0.2, 0.25) is 0 Å². The molecule has 24 heavy (non-hydrogen) atoms. The number of nitrogens with one attached hydrogen (secondary N) is 1. The van der Waals surface area contributed by atoms with Gasteiger partial charge in [-0.1, -0.05) is 52.3 Å². The second-order valence-corrected chi connectivity index (χ2v) is 6.61. The smallest absolute Gasteiger partial charge is 0.308 e. The van der Waals surface area contributed by atoms with Gasteiger partial charge in [-0.2, -0.15) is 0 Å². The molecule has 2 aromatic carbocycles. The van der Waals surface area contributed by atoms with Gasteiger partial charge in [0.2, 0.25) is 0 Å². The zero-order valence-corrected chi connectivity index (χ0v) is 15.2. The fourth-order valence-electron chi connectivity index (χ4n) is 2.29. The molecule has 0 aliphatic carbocycles. The van der Waals surface area contributed by atoms with E-state index >= 15 is 0 Å². The van der Waals surface area contributed by atoms with Gasteiger partial charge in [-0.3, -0.25) is 9.59 Å². The van der Waals surface area contributed by atoms with E-state index in [4.69, 9.17) is 4.74 Å². The van der Waals surface area contributed by atoms with E-state index in [1.807, 2.05) is 36.4 Å². The molecule has 2 aromatic rings. The molecule has 0 saturated heterocycles. The first kappa shape index (κ1) is 18.2. The largest absolute Gasteiger partial charge is 0.463 e. The summed E-state index contributed by atoms with van der Waals surface area (Å²) < 4.78 is 6.04. The maximum atomic E-state index is 12.5. The molecular weight excluding hydrogens is 370 g/mol. The third kappa shape index (κ3) is 5.49. The van der Waals surface area contributed by atoms with Crippen molar-refractivity contribution in [3.8, 4) is 0 Å². The van der Waals surface area contributed by atoms with Crippen LogP contribution < -0.4 is 5.32 Å². The first-order chi connectivity index (χ1) is 11.5. The van der Waals surface area contributed by atoms with Crippen molar-refractivity contribution in [2.75, 3.05) is 0 Å². The lowest BCUT2D eigenvalue weighted by Gasteiger charge is -2.19. The molecule has 1 N–H and O–H groups in total. The van der Waals surface area contributed by atoms with Crippen LogP contribution in [0, 0.1) is 0 Å². The molecule has 0 aliphatic rings. The van der Waals surface area contributed by atoms with Crippen LogP contribution in [-0.2, 0) is 9.53 Å². The minimum Gasteiger partial charge on any atom is -0.463 e. The Morgan fingerprint density at radius 1 is 1.08 bits per heavy atom. The van der Waals surface area contributed by atoms with E-state index < -0.39 is 6.04 Å². The van der Waals surface area contributed by atoms with Crippen molar-refractivity contribution < 1.29 is 14.3 Å². The Morgan fingerprint density at radius 3 is 2.42 bits per heavy atom. The zero-order valence-electron chi connectivity index (χ0n) is 13.7. The molecule has 2 rings (SSSR count). The van der Waals surface area contributed by atoms with Crippen molar-refractivity contribution in [1.82, 2.24) is 5.32 Å².